The predicted molar refractivity (Wildman–Crippen MR) is 130 cm³/mol. The number of carbonyl (C=O) groups is 1. The van der Waals surface area contributed by atoms with E-state index in [4.69, 9.17) is 4.42 Å². The van der Waals surface area contributed by atoms with Crippen molar-refractivity contribution in [2.24, 2.45) is 0 Å². The van der Waals surface area contributed by atoms with Gasteiger partial charge in [0.1, 0.15) is 5.03 Å². The molecule has 3 heterocycles. The van der Waals surface area contributed by atoms with Crippen molar-refractivity contribution in [1.29, 1.82) is 0 Å². The lowest BCUT2D eigenvalue weighted by molar-refractivity contribution is -0.384. The van der Waals surface area contributed by atoms with Gasteiger partial charge < -0.3 is 14.2 Å². The van der Waals surface area contributed by atoms with Crippen LogP contribution in [-0.2, 0) is 4.79 Å². The Balaban J connectivity index is 1.23. The van der Waals surface area contributed by atoms with Crippen LogP contribution in [0.1, 0.15) is 0 Å². The summed E-state index contributed by atoms with van der Waals surface area (Å²) >= 11 is 1.40. The van der Waals surface area contributed by atoms with E-state index < -0.39 is 4.92 Å². The minimum absolute atomic E-state index is 0.0515. The van der Waals surface area contributed by atoms with Crippen LogP contribution in [0.15, 0.2) is 76.4 Å². The monoisotopic (exact) mass is 475 g/mol. The number of carbonyl (C=O) groups excluding carboxylic acids is 1. The number of benzene rings is 2. The Labute approximate surface area is 199 Å². The first-order valence-electron chi connectivity index (χ1n) is 10.8. The molecular weight excluding hydrogens is 454 g/mol. The first-order chi connectivity index (χ1) is 16.6. The zero-order chi connectivity index (χ0) is 23.5. The second kappa shape index (κ2) is 9.52. The normalized spacial score (nSPS) is 13.9. The molecular formula is C24H21N5O4S. The molecule has 0 spiro atoms. The lowest BCUT2D eigenvalue weighted by Gasteiger charge is -2.36. The number of anilines is 1. The van der Waals surface area contributed by atoms with Crippen LogP contribution in [0.25, 0.3) is 22.5 Å². The van der Waals surface area contributed by atoms with Crippen LogP contribution in [0.4, 0.5) is 11.4 Å². The maximum atomic E-state index is 12.9. The smallest absolute Gasteiger partial charge is 0.269 e. The van der Waals surface area contributed by atoms with Gasteiger partial charge in [0.25, 0.3) is 5.69 Å². The van der Waals surface area contributed by atoms with Crippen LogP contribution in [0, 0.1) is 10.1 Å². The number of non-ortho nitro benzene ring substituents is 1. The van der Waals surface area contributed by atoms with E-state index in [1.54, 1.807) is 24.5 Å². The molecule has 4 aromatic rings. The molecule has 0 bridgehead atoms. The highest BCUT2D eigenvalue weighted by Gasteiger charge is 2.22. The van der Waals surface area contributed by atoms with E-state index in [9.17, 15) is 14.9 Å². The number of amides is 1. The van der Waals surface area contributed by atoms with Gasteiger partial charge in [-0.05, 0) is 30.3 Å². The SMILES string of the molecule is O=C(CSc1nc(-c2ccco2)nc2ccccc12)N1CCN(c2ccc([N+](=O)[O-])cc2)CC1. The number of rotatable bonds is 6. The van der Waals surface area contributed by atoms with Gasteiger partial charge in [0.05, 0.1) is 22.5 Å². The third-order valence-electron chi connectivity index (χ3n) is 5.70. The third kappa shape index (κ3) is 4.58. The van der Waals surface area contributed by atoms with Crippen LogP contribution in [0.3, 0.4) is 0 Å². The van der Waals surface area contributed by atoms with E-state index in [0.717, 1.165) is 21.6 Å². The number of hydrogen-bond donors (Lipinski definition) is 0. The highest BCUT2D eigenvalue weighted by atomic mass is 32.2. The number of para-hydroxylation sites is 1. The fourth-order valence-corrected chi connectivity index (χ4v) is 4.82. The maximum absolute atomic E-state index is 12.9. The zero-order valence-corrected chi connectivity index (χ0v) is 19.0. The Bertz CT molecular complexity index is 1320. The van der Waals surface area contributed by atoms with Gasteiger partial charge in [-0.2, -0.15) is 0 Å². The largest absolute Gasteiger partial charge is 0.461 e. The van der Waals surface area contributed by atoms with Crippen molar-refractivity contribution in [2.45, 2.75) is 5.03 Å². The lowest BCUT2D eigenvalue weighted by atomic mass is 10.2. The van der Waals surface area contributed by atoms with Crippen LogP contribution in [0.5, 0.6) is 0 Å². The zero-order valence-electron chi connectivity index (χ0n) is 18.2. The van der Waals surface area contributed by atoms with Crippen molar-refractivity contribution in [3.63, 3.8) is 0 Å². The molecule has 0 saturated carbocycles. The van der Waals surface area contributed by atoms with Crippen molar-refractivity contribution in [3.8, 4) is 11.6 Å². The summed E-state index contributed by atoms with van der Waals surface area (Å²) in [6.45, 7) is 2.54. The second-order valence-corrected chi connectivity index (χ2v) is 8.74. The van der Waals surface area contributed by atoms with Crippen LogP contribution < -0.4 is 4.90 Å². The maximum Gasteiger partial charge on any atom is 0.269 e. The molecule has 2 aromatic heterocycles. The standard InChI is InChI=1S/C24H21N5O4S/c30-22(28-13-11-27(12-14-28)17-7-9-18(10-8-17)29(31)32)16-34-24-19-4-1-2-5-20(19)25-23(26-24)21-6-3-15-33-21/h1-10,15H,11-14,16H2. The van der Waals surface area contributed by atoms with Gasteiger partial charge in [-0.3, -0.25) is 14.9 Å². The molecule has 1 amide bonds. The summed E-state index contributed by atoms with van der Waals surface area (Å²) < 4.78 is 5.46. The number of nitro benzene ring substituents is 1. The number of furan rings is 1. The van der Waals surface area contributed by atoms with Gasteiger partial charge in [0.2, 0.25) is 5.91 Å². The summed E-state index contributed by atoms with van der Waals surface area (Å²) in [7, 11) is 0. The summed E-state index contributed by atoms with van der Waals surface area (Å²) in [6.07, 6.45) is 1.58. The molecule has 0 radical (unpaired) electrons. The molecule has 1 fully saturated rings. The van der Waals surface area contributed by atoms with Crippen molar-refractivity contribution >= 4 is 39.9 Å². The van der Waals surface area contributed by atoms with Crippen molar-refractivity contribution in [2.75, 3.05) is 36.8 Å². The van der Waals surface area contributed by atoms with Crippen molar-refractivity contribution in [1.82, 2.24) is 14.9 Å². The minimum Gasteiger partial charge on any atom is -0.461 e. The number of fused-ring (bicyclic) bond motifs is 1. The summed E-state index contributed by atoms with van der Waals surface area (Å²) in [5.74, 6) is 1.41. The van der Waals surface area contributed by atoms with E-state index in [-0.39, 0.29) is 17.3 Å². The average Bonchev–Trinajstić information content (AvgIpc) is 3.42. The Morgan fingerprint density at radius 1 is 1.00 bits per heavy atom. The highest BCUT2D eigenvalue weighted by molar-refractivity contribution is 8.00. The van der Waals surface area contributed by atoms with E-state index in [0.29, 0.717) is 37.8 Å². The fraction of sp³-hybridized carbons (Fsp3) is 0.208. The summed E-state index contributed by atoms with van der Waals surface area (Å²) in [5.41, 5.74) is 1.79. The second-order valence-electron chi connectivity index (χ2n) is 7.78. The first kappa shape index (κ1) is 21.9. The number of nitro groups is 1. The molecule has 5 rings (SSSR count). The van der Waals surface area contributed by atoms with Gasteiger partial charge in [0, 0.05) is 49.4 Å². The summed E-state index contributed by atoms with van der Waals surface area (Å²) in [6, 6.07) is 17.9. The Morgan fingerprint density at radius 2 is 1.76 bits per heavy atom. The molecule has 172 valence electrons. The number of aromatic nitrogens is 2. The topological polar surface area (TPSA) is 106 Å². The molecule has 0 N–H and O–H groups in total. The van der Waals surface area contributed by atoms with Gasteiger partial charge in [0.15, 0.2) is 11.6 Å². The highest BCUT2D eigenvalue weighted by Crippen LogP contribution is 2.29. The van der Waals surface area contributed by atoms with Gasteiger partial charge >= 0.3 is 0 Å². The van der Waals surface area contributed by atoms with Crippen LogP contribution in [-0.4, -0.2) is 57.6 Å². The predicted octanol–water partition coefficient (Wildman–Crippen LogP) is 4.24. The Hall–Kier alpha value is -3.92. The molecule has 1 aliphatic rings. The fourth-order valence-electron chi connectivity index (χ4n) is 3.89. The molecule has 10 heteroatoms. The average molecular weight is 476 g/mol. The van der Waals surface area contributed by atoms with Gasteiger partial charge in [-0.15, -0.1) is 0 Å². The molecule has 9 nitrogen and oxygen atoms in total. The molecule has 1 aliphatic heterocycles. The molecule has 2 aromatic carbocycles. The first-order valence-corrected chi connectivity index (χ1v) is 11.8. The minimum atomic E-state index is -0.406. The van der Waals surface area contributed by atoms with Gasteiger partial charge in [-0.25, -0.2) is 9.97 Å². The molecule has 0 atom stereocenters. The van der Waals surface area contributed by atoms with Crippen LogP contribution >= 0.6 is 11.8 Å². The summed E-state index contributed by atoms with van der Waals surface area (Å²) in [4.78, 5) is 36.6. The molecule has 34 heavy (non-hydrogen) atoms. The molecule has 0 unspecified atom stereocenters. The van der Waals surface area contributed by atoms with E-state index in [1.807, 2.05) is 35.2 Å². The number of nitrogens with zero attached hydrogens (tertiary/aromatic N) is 5. The molecule has 0 aliphatic carbocycles. The third-order valence-corrected chi connectivity index (χ3v) is 6.68. The number of thioether (sulfide) groups is 1. The number of hydrogen-bond acceptors (Lipinski definition) is 8. The van der Waals surface area contributed by atoms with Gasteiger partial charge in [-0.1, -0.05) is 30.0 Å². The molecule has 1 saturated heterocycles. The quantitative estimate of drug-likeness (QED) is 0.176. The number of piperazine rings is 1. The van der Waals surface area contributed by atoms with Crippen molar-refractivity contribution < 1.29 is 14.1 Å². The summed E-state index contributed by atoms with van der Waals surface area (Å²) in [5, 5.41) is 12.5. The Morgan fingerprint density at radius 3 is 2.47 bits per heavy atom. The van der Waals surface area contributed by atoms with E-state index >= 15 is 0 Å². The Kier molecular flexibility index (Phi) is 6.13. The van der Waals surface area contributed by atoms with E-state index in [2.05, 4.69) is 14.9 Å². The van der Waals surface area contributed by atoms with Crippen molar-refractivity contribution in [3.05, 3.63) is 77.0 Å². The lowest BCUT2D eigenvalue weighted by Crippen LogP contribution is -2.49. The van der Waals surface area contributed by atoms with Crippen LogP contribution in [0.2, 0.25) is 0 Å². The van der Waals surface area contributed by atoms with E-state index in [1.165, 1.54) is 23.9 Å².